The third-order valence-electron chi connectivity index (χ3n) is 7.01. The Labute approximate surface area is 216 Å². The Kier molecular flexibility index (Phi) is 8.09. The van der Waals surface area contributed by atoms with Crippen molar-refractivity contribution in [2.24, 2.45) is 0 Å². The van der Waals surface area contributed by atoms with Crippen molar-refractivity contribution < 1.29 is 22.7 Å². The Balaban J connectivity index is 1.54. The Bertz CT molecular complexity index is 1230. The van der Waals surface area contributed by atoms with E-state index in [4.69, 9.17) is 11.6 Å². The molecule has 3 atom stereocenters. The van der Waals surface area contributed by atoms with Gasteiger partial charge in [0.15, 0.2) is 5.75 Å². The minimum atomic E-state index is -4.14. The predicted molar refractivity (Wildman–Crippen MR) is 139 cm³/mol. The molecule has 4 N–H and O–H groups in total. The summed E-state index contributed by atoms with van der Waals surface area (Å²) in [5.41, 5.74) is 0.382. The van der Waals surface area contributed by atoms with Crippen LogP contribution in [0, 0.1) is 12.7 Å². The number of aromatic hydroxyl groups is 1. The van der Waals surface area contributed by atoms with E-state index in [1.165, 1.54) is 41.6 Å². The minimum Gasteiger partial charge on any atom is -0.504 e. The molecule has 0 unspecified atom stereocenters. The summed E-state index contributed by atoms with van der Waals surface area (Å²) in [6.45, 7) is 4.56. The van der Waals surface area contributed by atoms with E-state index in [1.54, 1.807) is 0 Å². The van der Waals surface area contributed by atoms with Gasteiger partial charge in [-0.05, 0) is 69.8 Å². The number of phenolic OH excluding ortho intramolecular Hbond substituents is 1. The number of piperidine rings is 1. The van der Waals surface area contributed by atoms with E-state index in [2.05, 4.69) is 22.9 Å². The fraction of sp³-hybridized carbons (Fsp3) is 0.480. The first-order valence-electron chi connectivity index (χ1n) is 12.2. The van der Waals surface area contributed by atoms with Gasteiger partial charge in [-0.3, -0.25) is 0 Å². The number of unbranched alkanes of at least 4 members (excludes halogenated alkanes) is 1. The number of sulfonamides is 1. The number of hydrogen-bond acceptors (Lipinski definition) is 5. The molecule has 2 saturated heterocycles. The van der Waals surface area contributed by atoms with Crippen LogP contribution in [0.25, 0.3) is 0 Å². The number of hydrogen-bond donors (Lipinski definition) is 4. The van der Waals surface area contributed by atoms with Crippen molar-refractivity contribution in [3.05, 3.63) is 46.7 Å². The lowest BCUT2D eigenvalue weighted by Crippen LogP contribution is -2.51. The van der Waals surface area contributed by atoms with Crippen molar-refractivity contribution in [1.82, 2.24) is 9.62 Å². The minimum absolute atomic E-state index is 0.118. The van der Waals surface area contributed by atoms with E-state index in [9.17, 15) is 22.7 Å². The van der Waals surface area contributed by atoms with Gasteiger partial charge in [0.1, 0.15) is 10.7 Å². The van der Waals surface area contributed by atoms with Crippen LogP contribution in [-0.2, 0) is 10.0 Å². The van der Waals surface area contributed by atoms with Gasteiger partial charge in [-0.25, -0.2) is 17.6 Å². The molecule has 2 fully saturated rings. The molecule has 2 amide bonds. The molecule has 2 bridgehead atoms. The maximum absolute atomic E-state index is 13.8. The summed E-state index contributed by atoms with van der Waals surface area (Å²) in [5.74, 6) is -1.11. The topological polar surface area (TPSA) is 111 Å². The zero-order valence-corrected chi connectivity index (χ0v) is 21.9. The number of amides is 2. The van der Waals surface area contributed by atoms with Gasteiger partial charge < -0.3 is 21.1 Å². The van der Waals surface area contributed by atoms with Crippen LogP contribution in [0.15, 0.2) is 35.2 Å². The molecule has 2 heterocycles. The molecule has 2 aromatic rings. The van der Waals surface area contributed by atoms with Gasteiger partial charge in [0.25, 0.3) is 0 Å². The molecule has 8 nitrogen and oxygen atoms in total. The van der Waals surface area contributed by atoms with E-state index in [-0.39, 0.29) is 40.1 Å². The van der Waals surface area contributed by atoms with Crippen LogP contribution in [0.3, 0.4) is 0 Å². The summed E-state index contributed by atoms with van der Waals surface area (Å²) in [4.78, 5) is 12.1. The first kappa shape index (κ1) is 26.7. The summed E-state index contributed by atoms with van der Waals surface area (Å²) in [7, 11) is -4.14. The average molecular weight is 539 g/mol. The van der Waals surface area contributed by atoms with E-state index in [1.807, 2.05) is 0 Å². The van der Waals surface area contributed by atoms with Crippen molar-refractivity contribution in [2.45, 2.75) is 75.4 Å². The summed E-state index contributed by atoms with van der Waals surface area (Å²) >= 11 is 6.29. The van der Waals surface area contributed by atoms with Gasteiger partial charge in [0.2, 0.25) is 10.0 Å². The summed E-state index contributed by atoms with van der Waals surface area (Å²) < 4.78 is 42.8. The highest BCUT2D eigenvalue weighted by atomic mass is 35.5. The second kappa shape index (κ2) is 10.9. The molecule has 2 aromatic carbocycles. The average Bonchev–Trinajstić information content (AvgIpc) is 3.11. The van der Waals surface area contributed by atoms with E-state index in [0.717, 1.165) is 32.2 Å². The summed E-state index contributed by atoms with van der Waals surface area (Å²) in [5, 5.41) is 19.3. The third kappa shape index (κ3) is 5.32. The lowest BCUT2D eigenvalue weighted by Gasteiger charge is -2.38. The van der Waals surface area contributed by atoms with Crippen LogP contribution in [0.4, 0.5) is 20.6 Å². The smallest absolute Gasteiger partial charge is 0.323 e. The maximum atomic E-state index is 13.8. The molecule has 0 aliphatic carbocycles. The number of phenols is 1. The Morgan fingerprint density at radius 1 is 1.14 bits per heavy atom. The van der Waals surface area contributed by atoms with Crippen molar-refractivity contribution in [1.29, 1.82) is 0 Å². The highest BCUT2D eigenvalue weighted by Gasteiger charge is 2.48. The van der Waals surface area contributed by atoms with Crippen molar-refractivity contribution in [3.8, 4) is 5.75 Å². The summed E-state index contributed by atoms with van der Waals surface area (Å²) in [6, 6.07) is 6.06. The Morgan fingerprint density at radius 2 is 1.81 bits per heavy atom. The van der Waals surface area contributed by atoms with Gasteiger partial charge >= 0.3 is 6.03 Å². The normalized spacial score (nSPS) is 21.9. The lowest BCUT2D eigenvalue weighted by atomic mass is 9.99. The molecule has 0 radical (unpaired) electrons. The van der Waals surface area contributed by atoms with Crippen molar-refractivity contribution in [3.63, 3.8) is 0 Å². The van der Waals surface area contributed by atoms with E-state index >= 15 is 0 Å². The molecule has 0 spiro atoms. The summed E-state index contributed by atoms with van der Waals surface area (Å²) in [6.07, 6.45) is 5.07. The van der Waals surface area contributed by atoms with Gasteiger partial charge in [-0.2, -0.15) is 4.31 Å². The first-order chi connectivity index (χ1) is 17.1. The largest absolute Gasteiger partial charge is 0.504 e. The molecule has 36 heavy (non-hydrogen) atoms. The maximum Gasteiger partial charge on any atom is 0.323 e. The van der Waals surface area contributed by atoms with Crippen LogP contribution in [0.5, 0.6) is 5.75 Å². The van der Waals surface area contributed by atoms with Crippen molar-refractivity contribution >= 4 is 39.0 Å². The number of fused-ring (bicyclic) bond motifs is 2. The highest BCUT2D eigenvalue weighted by Crippen LogP contribution is 2.45. The molecule has 0 aromatic heterocycles. The van der Waals surface area contributed by atoms with Gasteiger partial charge in [0, 0.05) is 29.4 Å². The molecule has 11 heteroatoms. The first-order valence-corrected chi connectivity index (χ1v) is 14.1. The number of halogens is 2. The molecule has 2 aliphatic rings. The van der Waals surface area contributed by atoms with Crippen LogP contribution in [-0.4, -0.2) is 48.5 Å². The quantitative estimate of drug-likeness (QED) is 0.272. The Hall–Kier alpha value is -2.40. The van der Waals surface area contributed by atoms with Crippen LogP contribution in [0.1, 0.15) is 51.0 Å². The Morgan fingerprint density at radius 3 is 2.47 bits per heavy atom. The van der Waals surface area contributed by atoms with Crippen LogP contribution in [0.2, 0.25) is 5.02 Å². The molecule has 4 rings (SSSR count). The fourth-order valence-electron chi connectivity index (χ4n) is 5.19. The molecule has 196 valence electrons. The molecular formula is C25H32ClFN4O4S. The number of benzene rings is 2. The van der Waals surface area contributed by atoms with Crippen LogP contribution < -0.4 is 16.0 Å². The van der Waals surface area contributed by atoms with Gasteiger partial charge in [-0.15, -0.1) is 0 Å². The van der Waals surface area contributed by atoms with E-state index < -0.39 is 32.5 Å². The fourth-order valence-corrected chi connectivity index (χ4v) is 7.69. The highest BCUT2D eigenvalue weighted by molar-refractivity contribution is 7.89. The van der Waals surface area contributed by atoms with Crippen molar-refractivity contribution in [2.75, 3.05) is 17.2 Å². The molecule has 2 aliphatic heterocycles. The zero-order chi connectivity index (χ0) is 26.0. The SMILES string of the molecule is CCCCN[C@H]1C[C@H]2CC[C@@H](C1)N2S(=O)(=O)c1c(Cl)ccc(NC(=O)Nc2cccc(F)c2C)c1O. The van der Waals surface area contributed by atoms with E-state index in [0.29, 0.717) is 12.8 Å². The monoisotopic (exact) mass is 538 g/mol. The number of carbonyl (C=O) groups excluding carboxylic acids is 1. The second-order valence-corrected chi connectivity index (χ2v) is 11.6. The standard InChI is InChI=1S/C25H32ClFN4O4S/c1-3-4-12-28-16-13-17-8-9-18(14-16)31(17)36(34,35)24-19(26)10-11-22(23(24)32)30-25(33)29-21-7-5-6-20(27)15(21)2/h5-7,10-11,16-18,28,32H,3-4,8-9,12-14H2,1-2H3,(H2,29,30,33)/t16-,17+,18-. The lowest BCUT2D eigenvalue weighted by molar-refractivity contribution is 0.206. The van der Waals surface area contributed by atoms with Gasteiger partial charge in [-0.1, -0.05) is 31.0 Å². The number of rotatable bonds is 8. The second-order valence-electron chi connectivity index (χ2n) is 9.46. The molecule has 0 saturated carbocycles. The zero-order valence-electron chi connectivity index (χ0n) is 20.4. The molecular weight excluding hydrogens is 507 g/mol. The number of carbonyl (C=O) groups is 1. The predicted octanol–water partition coefficient (Wildman–Crippen LogP) is 5.21. The number of nitrogens with one attached hydrogen (secondary N) is 3. The van der Waals surface area contributed by atoms with Crippen LogP contribution >= 0.6 is 11.6 Å². The van der Waals surface area contributed by atoms with Gasteiger partial charge in [0.05, 0.1) is 10.7 Å². The number of anilines is 2. The number of nitrogens with zero attached hydrogens (tertiary/aromatic N) is 1. The number of urea groups is 1. The third-order valence-corrected chi connectivity index (χ3v) is 9.52.